The molecular weight excluding hydrogens is 655 g/mol. The normalized spacial score (nSPS) is 12.1. The van der Waals surface area contributed by atoms with Crippen molar-refractivity contribution in [1.82, 2.24) is 15.0 Å². The van der Waals surface area contributed by atoms with Crippen LogP contribution in [0.4, 0.5) is 0 Å². The fourth-order valence-corrected chi connectivity index (χ4v) is 8.91. The van der Waals surface area contributed by atoms with Crippen LogP contribution in [0.25, 0.3) is 120 Å². The molecule has 0 radical (unpaired) electrons. The van der Waals surface area contributed by atoms with E-state index in [1.165, 1.54) is 75.8 Å². The number of pyridine rings is 3. The molecule has 0 unspecified atom stereocenters. The van der Waals surface area contributed by atoms with E-state index in [9.17, 15) is 0 Å². The van der Waals surface area contributed by atoms with Crippen molar-refractivity contribution in [2.24, 2.45) is 0 Å². The molecule has 12 aromatic rings. The van der Waals surface area contributed by atoms with Gasteiger partial charge in [-0.05, 0) is 106 Å². The number of hydrogen-bond acceptors (Lipinski definition) is 3. The molecule has 3 nitrogen and oxygen atoms in total. The molecule has 0 fully saturated rings. The average Bonchev–Trinajstić information content (AvgIpc) is 3.24. The molecule has 12 rings (SSSR count). The maximum atomic E-state index is 4.90. The monoisotopic (exact) mass is 683 g/mol. The van der Waals surface area contributed by atoms with Crippen LogP contribution in [0, 0.1) is 0 Å². The Balaban J connectivity index is 0.979. The number of fused-ring (bicyclic) bond motifs is 5. The quantitative estimate of drug-likeness (QED) is 0.174. The number of nitrogens with zero attached hydrogens (tertiary/aromatic N) is 3. The Morgan fingerprint density at radius 2 is 0.796 bits per heavy atom. The van der Waals surface area contributed by atoms with Crippen LogP contribution in [-0.2, 0) is 0 Å². The van der Waals surface area contributed by atoms with Crippen LogP contribution in [0.1, 0.15) is 0 Å². The van der Waals surface area contributed by atoms with E-state index in [4.69, 9.17) is 9.97 Å². The Hall–Kier alpha value is -7.23. The van der Waals surface area contributed by atoms with Crippen LogP contribution in [0.15, 0.2) is 176 Å². The Bertz CT molecular complexity index is 3470. The third-order valence-electron chi connectivity index (χ3n) is 11.5. The minimum absolute atomic E-state index is 0.918. The smallest absolute Gasteiger partial charge is 0.0964 e. The minimum Gasteiger partial charge on any atom is -0.256 e. The van der Waals surface area contributed by atoms with Gasteiger partial charge in [-0.3, -0.25) is 15.0 Å². The number of hydrogen-bond donors (Lipinski definition) is 0. The highest BCUT2D eigenvalue weighted by Gasteiger charge is 2.16. The van der Waals surface area contributed by atoms with Crippen LogP contribution < -0.4 is 0 Å². The summed E-state index contributed by atoms with van der Waals surface area (Å²) in [6, 6.07) is 57.7. The first kappa shape index (κ1) is 29.4. The molecule has 54 heavy (non-hydrogen) atoms. The van der Waals surface area contributed by atoms with Gasteiger partial charge < -0.3 is 0 Å². The SMILES string of the molecule is c1cnc2c(c1)ccc1cc(-c3ccc(-c4ccc(-c5cc6ccc7cccc8c9cccc%10ccc%11cccc(c(c5)c6c78)c%11c%109)cc4)nc3)cnc12. The summed E-state index contributed by atoms with van der Waals surface area (Å²) in [6.45, 7) is 0. The van der Waals surface area contributed by atoms with Gasteiger partial charge in [0.15, 0.2) is 0 Å². The van der Waals surface area contributed by atoms with Gasteiger partial charge in [-0.25, -0.2) is 0 Å². The minimum atomic E-state index is 0.918. The molecule has 3 heteroatoms. The van der Waals surface area contributed by atoms with Crippen LogP contribution in [-0.4, -0.2) is 15.0 Å². The summed E-state index contributed by atoms with van der Waals surface area (Å²) < 4.78 is 0. The van der Waals surface area contributed by atoms with Crippen LogP contribution in [0.5, 0.6) is 0 Å². The van der Waals surface area contributed by atoms with Gasteiger partial charge in [-0.2, -0.15) is 0 Å². The lowest BCUT2D eigenvalue weighted by Crippen LogP contribution is -1.90. The highest BCUT2D eigenvalue weighted by atomic mass is 14.7. The zero-order chi connectivity index (χ0) is 35.3. The fraction of sp³-hybridized carbons (Fsp3) is 0. The van der Waals surface area contributed by atoms with E-state index in [1.807, 2.05) is 24.7 Å². The van der Waals surface area contributed by atoms with Gasteiger partial charge in [0.25, 0.3) is 0 Å². The second-order valence-electron chi connectivity index (χ2n) is 14.4. The Labute approximate surface area is 310 Å². The summed E-state index contributed by atoms with van der Waals surface area (Å²) in [5.41, 5.74) is 8.32. The predicted molar refractivity (Wildman–Crippen MR) is 227 cm³/mol. The maximum Gasteiger partial charge on any atom is 0.0964 e. The Kier molecular flexibility index (Phi) is 6.05. The van der Waals surface area contributed by atoms with E-state index < -0.39 is 0 Å². The summed E-state index contributed by atoms with van der Waals surface area (Å²) in [5.74, 6) is 0. The molecule has 9 aromatic carbocycles. The number of benzene rings is 8. The highest BCUT2D eigenvalue weighted by Crippen LogP contribution is 2.44. The number of rotatable bonds is 3. The van der Waals surface area contributed by atoms with E-state index in [0.717, 1.165) is 44.2 Å². The Morgan fingerprint density at radius 3 is 1.48 bits per heavy atom. The molecule has 0 saturated carbocycles. The van der Waals surface area contributed by atoms with Crippen molar-refractivity contribution in [1.29, 1.82) is 0 Å². The van der Waals surface area contributed by atoms with E-state index in [0.29, 0.717) is 0 Å². The summed E-state index contributed by atoms with van der Waals surface area (Å²) in [4.78, 5) is 14.3. The van der Waals surface area contributed by atoms with Crippen molar-refractivity contribution in [2.75, 3.05) is 0 Å². The molecule has 3 aromatic heterocycles. The van der Waals surface area contributed by atoms with E-state index in [-0.39, 0.29) is 0 Å². The van der Waals surface area contributed by atoms with Crippen molar-refractivity contribution in [3.63, 3.8) is 0 Å². The summed E-state index contributed by atoms with van der Waals surface area (Å²) in [5, 5.41) is 17.7. The van der Waals surface area contributed by atoms with Gasteiger partial charge >= 0.3 is 0 Å². The van der Waals surface area contributed by atoms with Gasteiger partial charge in [0.1, 0.15) is 0 Å². The molecule has 0 bridgehead atoms. The van der Waals surface area contributed by atoms with Crippen LogP contribution >= 0.6 is 0 Å². The van der Waals surface area contributed by atoms with Crippen molar-refractivity contribution < 1.29 is 0 Å². The van der Waals surface area contributed by atoms with Crippen molar-refractivity contribution in [3.8, 4) is 33.5 Å². The molecule has 0 aliphatic rings. The first-order chi connectivity index (χ1) is 26.7. The standard InChI is InChI=1S/C51H29N3/c1-5-32-16-17-33-7-3-11-43-44-27-39(25-36-20-18-34-6-2-10-42(47(34)49(36)44)41(9-1)46(32)48(33)43)30-12-14-31(15-13-30)45-23-22-38(28-53-45)40-26-37-21-19-35-8-4-24-52-50(35)51(37)54-29-40/h1-29H. The topological polar surface area (TPSA) is 38.7 Å². The van der Waals surface area contributed by atoms with Crippen LogP contribution in [0.3, 0.4) is 0 Å². The molecule has 3 heterocycles. The zero-order valence-electron chi connectivity index (χ0n) is 29.1. The largest absolute Gasteiger partial charge is 0.256 e. The first-order valence-corrected chi connectivity index (χ1v) is 18.4. The van der Waals surface area contributed by atoms with Gasteiger partial charge in [0.2, 0.25) is 0 Å². The molecule has 0 atom stereocenters. The average molecular weight is 684 g/mol. The van der Waals surface area contributed by atoms with Gasteiger partial charge in [-0.1, -0.05) is 127 Å². The Morgan fingerprint density at radius 1 is 0.278 bits per heavy atom. The molecule has 0 amide bonds. The molecule has 0 saturated heterocycles. The molecule has 0 spiro atoms. The molecule has 0 aliphatic carbocycles. The summed E-state index contributed by atoms with van der Waals surface area (Å²) in [7, 11) is 0. The lowest BCUT2D eigenvalue weighted by Gasteiger charge is -2.17. The van der Waals surface area contributed by atoms with Gasteiger partial charge in [0.05, 0.1) is 16.7 Å². The molecule has 0 aliphatic heterocycles. The van der Waals surface area contributed by atoms with E-state index in [2.05, 4.69) is 157 Å². The second-order valence-corrected chi connectivity index (χ2v) is 14.4. The second kappa shape index (κ2) is 11.1. The molecule has 248 valence electrons. The third-order valence-corrected chi connectivity index (χ3v) is 11.5. The predicted octanol–water partition coefficient (Wildman–Crippen LogP) is 13.5. The maximum absolute atomic E-state index is 4.90. The zero-order valence-corrected chi connectivity index (χ0v) is 29.1. The molecule has 0 N–H and O–H groups in total. The fourth-order valence-electron chi connectivity index (χ4n) is 8.91. The number of aromatic nitrogens is 3. The van der Waals surface area contributed by atoms with Gasteiger partial charge in [-0.15, -0.1) is 0 Å². The lowest BCUT2D eigenvalue weighted by molar-refractivity contribution is 1.32. The van der Waals surface area contributed by atoms with E-state index in [1.54, 1.807) is 0 Å². The summed E-state index contributed by atoms with van der Waals surface area (Å²) in [6.07, 6.45) is 5.69. The van der Waals surface area contributed by atoms with E-state index >= 15 is 0 Å². The van der Waals surface area contributed by atoms with Crippen molar-refractivity contribution in [2.45, 2.75) is 0 Å². The first-order valence-electron chi connectivity index (χ1n) is 18.4. The van der Waals surface area contributed by atoms with Crippen molar-refractivity contribution >= 4 is 86.4 Å². The lowest BCUT2D eigenvalue weighted by atomic mass is 9.86. The van der Waals surface area contributed by atoms with Crippen LogP contribution in [0.2, 0.25) is 0 Å². The summed E-state index contributed by atoms with van der Waals surface area (Å²) >= 11 is 0. The third kappa shape index (κ3) is 4.27. The van der Waals surface area contributed by atoms with Gasteiger partial charge in [0, 0.05) is 46.1 Å². The molecular formula is C51H29N3. The highest BCUT2D eigenvalue weighted by molar-refractivity contribution is 6.37. The van der Waals surface area contributed by atoms with Crippen molar-refractivity contribution in [3.05, 3.63) is 176 Å².